The second-order valence-electron chi connectivity index (χ2n) is 4.16. The Hall–Kier alpha value is -1.67. The van der Waals surface area contributed by atoms with Crippen LogP contribution in [0.4, 0.5) is 4.79 Å². The Morgan fingerprint density at radius 1 is 1.55 bits per heavy atom. The molecule has 2 atom stereocenters. The standard InChI is InChI=1S/C12H19N3O4S/c1-4-8-5-13-10(20-8)7(2)15-12(18)14-6-9(19-3)11(16)17/h5,7,9H,4,6H2,1-3H3,(H,16,17)(H2,14,15,18). The average Bonchev–Trinajstić information content (AvgIpc) is 2.87. The van der Waals surface area contributed by atoms with Gasteiger partial charge in [-0.3, -0.25) is 0 Å². The molecule has 2 unspecified atom stereocenters. The molecule has 0 spiro atoms. The van der Waals surface area contributed by atoms with Crippen molar-refractivity contribution in [2.45, 2.75) is 32.4 Å². The topological polar surface area (TPSA) is 101 Å². The second-order valence-corrected chi connectivity index (χ2v) is 5.30. The lowest BCUT2D eigenvalue weighted by Crippen LogP contribution is -2.43. The third-order valence-corrected chi connectivity index (χ3v) is 3.97. The van der Waals surface area contributed by atoms with E-state index in [1.54, 1.807) is 17.5 Å². The van der Waals surface area contributed by atoms with E-state index in [0.717, 1.165) is 16.3 Å². The fraction of sp³-hybridized carbons (Fsp3) is 0.583. The lowest BCUT2D eigenvalue weighted by molar-refractivity contribution is -0.147. The highest BCUT2D eigenvalue weighted by molar-refractivity contribution is 7.11. The molecule has 3 N–H and O–H groups in total. The van der Waals surface area contributed by atoms with Crippen molar-refractivity contribution in [3.63, 3.8) is 0 Å². The quantitative estimate of drug-likeness (QED) is 0.702. The van der Waals surface area contributed by atoms with Crippen molar-refractivity contribution in [1.82, 2.24) is 15.6 Å². The van der Waals surface area contributed by atoms with Gasteiger partial charge in [0.15, 0.2) is 6.10 Å². The molecule has 1 aromatic heterocycles. The Morgan fingerprint density at radius 3 is 2.75 bits per heavy atom. The van der Waals surface area contributed by atoms with Gasteiger partial charge in [-0.05, 0) is 13.3 Å². The zero-order valence-electron chi connectivity index (χ0n) is 11.7. The molecule has 0 saturated heterocycles. The molecule has 1 rings (SSSR count). The van der Waals surface area contributed by atoms with E-state index in [9.17, 15) is 9.59 Å². The summed E-state index contributed by atoms with van der Waals surface area (Å²) in [7, 11) is 1.28. The highest BCUT2D eigenvalue weighted by Crippen LogP contribution is 2.19. The summed E-state index contributed by atoms with van der Waals surface area (Å²) in [6.45, 7) is 3.77. The first kappa shape index (κ1) is 16.4. The van der Waals surface area contributed by atoms with Crippen molar-refractivity contribution >= 4 is 23.3 Å². The summed E-state index contributed by atoms with van der Waals surface area (Å²) in [6, 6.07) is -0.680. The summed E-state index contributed by atoms with van der Waals surface area (Å²) in [5, 5.41) is 14.7. The number of aromatic nitrogens is 1. The summed E-state index contributed by atoms with van der Waals surface area (Å²) < 4.78 is 4.72. The van der Waals surface area contributed by atoms with Gasteiger partial charge in [-0.25, -0.2) is 14.6 Å². The lowest BCUT2D eigenvalue weighted by atomic mass is 10.3. The van der Waals surface area contributed by atoms with Gasteiger partial charge in [0, 0.05) is 18.2 Å². The Morgan fingerprint density at radius 2 is 2.25 bits per heavy atom. The largest absolute Gasteiger partial charge is 0.479 e. The number of thiazole rings is 1. The molecule has 2 amide bonds. The minimum atomic E-state index is -1.12. The summed E-state index contributed by atoms with van der Waals surface area (Å²) in [6.07, 6.45) is 1.65. The van der Waals surface area contributed by atoms with Crippen molar-refractivity contribution in [2.75, 3.05) is 13.7 Å². The first-order valence-corrected chi connectivity index (χ1v) is 7.04. The number of ether oxygens (including phenoxy) is 1. The number of nitrogens with one attached hydrogen (secondary N) is 2. The van der Waals surface area contributed by atoms with Crippen LogP contribution < -0.4 is 10.6 Å². The number of carboxylic acids is 1. The van der Waals surface area contributed by atoms with Gasteiger partial charge in [0.25, 0.3) is 0 Å². The molecule has 8 heteroatoms. The van der Waals surface area contributed by atoms with Gasteiger partial charge < -0.3 is 20.5 Å². The number of hydrogen-bond donors (Lipinski definition) is 3. The summed E-state index contributed by atoms with van der Waals surface area (Å²) in [5.41, 5.74) is 0. The SMILES string of the molecule is CCc1cnc(C(C)NC(=O)NCC(OC)C(=O)O)s1. The molecule has 0 bridgehead atoms. The maximum atomic E-state index is 11.7. The van der Waals surface area contributed by atoms with E-state index >= 15 is 0 Å². The van der Waals surface area contributed by atoms with E-state index < -0.39 is 18.1 Å². The Bertz CT molecular complexity index is 463. The fourth-order valence-corrected chi connectivity index (χ4v) is 2.31. The van der Waals surface area contributed by atoms with Crippen molar-refractivity contribution in [1.29, 1.82) is 0 Å². The molecule has 7 nitrogen and oxygen atoms in total. The Balaban J connectivity index is 2.43. The van der Waals surface area contributed by atoms with Crippen LogP contribution in [0.15, 0.2) is 6.20 Å². The number of aryl methyl sites for hydroxylation is 1. The summed E-state index contributed by atoms with van der Waals surface area (Å²) in [4.78, 5) is 27.8. The van der Waals surface area contributed by atoms with Gasteiger partial charge in [0.2, 0.25) is 0 Å². The number of nitrogens with zero attached hydrogens (tertiary/aromatic N) is 1. The van der Waals surface area contributed by atoms with E-state index in [4.69, 9.17) is 9.84 Å². The number of rotatable bonds is 7. The Labute approximate surface area is 121 Å². The van der Waals surface area contributed by atoms with Gasteiger partial charge in [0.05, 0.1) is 12.6 Å². The fourth-order valence-electron chi connectivity index (χ4n) is 1.45. The third kappa shape index (κ3) is 4.78. The van der Waals surface area contributed by atoms with E-state index in [-0.39, 0.29) is 12.6 Å². The number of methoxy groups -OCH3 is 1. The van der Waals surface area contributed by atoms with Crippen LogP contribution in [0.5, 0.6) is 0 Å². The van der Waals surface area contributed by atoms with E-state index in [1.807, 2.05) is 13.8 Å². The minimum absolute atomic E-state index is 0.0948. The molecule has 0 aliphatic carbocycles. The van der Waals surface area contributed by atoms with Crippen LogP contribution in [-0.2, 0) is 16.0 Å². The van der Waals surface area contributed by atoms with Gasteiger partial charge in [-0.15, -0.1) is 11.3 Å². The van der Waals surface area contributed by atoms with Crippen LogP contribution in [0.25, 0.3) is 0 Å². The third-order valence-electron chi connectivity index (χ3n) is 2.65. The number of urea groups is 1. The number of carboxylic acid groups (broad SMARTS) is 1. The van der Waals surface area contributed by atoms with Gasteiger partial charge in [-0.1, -0.05) is 6.92 Å². The molecule has 0 aliphatic rings. The lowest BCUT2D eigenvalue weighted by Gasteiger charge is -2.14. The number of hydrogen-bond acceptors (Lipinski definition) is 5. The van der Waals surface area contributed by atoms with Crippen molar-refractivity contribution in [3.05, 3.63) is 16.1 Å². The van der Waals surface area contributed by atoms with E-state index in [0.29, 0.717) is 0 Å². The second kappa shape index (κ2) is 7.81. The van der Waals surface area contributed by atoms with Gasteiger partial charge in [-0.2, -0.15) is 0 Å². The highest BCUT2D eigenvalue weighted by atomic mass is 32.1. The zero-order valence-corrected chi connectivity index (χ0v) is 12.5. The molecule has 0 saturated carbocycles. The summed E-state index contributed by atoms with van der Waals surface area (Å²) in [5.74, 6) is -1.12. The van der Waals surface area contributed by atoms with Crippen molar-refractivity contribution < 1.29 is 19.4 Å². The molecule has 1 heterocycles. The average molecular weight is 301 g/mol. The minimum Gasteiger partial charge on any atom is -0.479 e. The van der Waals surface area contributed by atoms with Crippen molar-refractivity contribution in [2.24, 2.45) is 0 Å². The molecule has 0 radical (unpaired) electrons. The van der Waals surface area contributed by atoms with Crippen LogP contribution in [0.2, 0.25) is 0 Å². The first-order chi connectivity index (χ1) is 9.47. The van der Waals surface area contributed by atoms with Crippen LogP contribution in [0, 0.1) is 0 Å². The molecule has 0 aromatic carbocycles. The van der Waals surface area contributed by atoms with Gasteiger partial charge >= 0.3 is 12.0 Å². The number of carbonyl (C=O) groups is 2. The van der Waals surface area contributed by atoms with Crippen molar-refractivity contribution in [3.8, 4) is 0 Å². The normalized spacial score (nSPS) is 13.6. The van der Waals surface area contributed by atoms with E-state index in [1.165, 1.54) is 7.11 Å². The first-order valence-electron chi connectivity index (χ1n) is 6.22. The van der Waals surface area contributed by atoms with Crippen LogP contribution in [0.1, 0.15) is 29.8 Å². The molecule has 0 aliphatic heterocycles. The van der Waals surface area contributed by atoms with Gasteiger partial charge in [0.1, 0.15) is 5.01 Å². The smallest absolute Gasteiger partial charge is 0.334 e. The number of amides is 2. The summed E-state index contributed by atoms with van der Waals surface area (Å²) >= 11 is 1.54. The molecule has 1 aromatic rings. The van der Waals surface area contributed by atoms with Crippen LogP contribution >= 0.6 is 11.3 Å². The predicted octanol–water partition coefficient (Wildman–Crippen LogP) is 1.17. The maximum Gasteiger partial charge on any atom is 0.334 e. The monoisotopic (exact) mass is 301 g/mol. The maximum absolute atomic E-state index is 11.7. The molecule has 0 fully saturated rings. The Kier molecular flexibility index (Phi) is 6.40. The molecular formula is C12H19N3O4S. The van der Waals surface area contributed by atoms with Crippen LogP contribution in [0.3, 0.4) is 0 Å². The molecular weight excluding hydrogens is 282 g/mol. The molecule has 112 valence electrons. The predicted molar refractivity (Wildman–Crippen MR) is 74.9 cm³/mol. The number of carbonyl (C=O) groups excluding carboxylic acids is 1. The van der Waals surface area contributed by atoms with E-state index in [2.05, 4.69) is 15.6 Å². The zero-order chi connectivity index (χ0) is 15.1. The molecule has 20 heavy (non-hydrogen) atoms. The number of aliphatic carboxylic acids is 1. The van der Waals surface area contributed by atoms with Crippen LogP contribution in [-0.4, -0.2) is 41.8 Å². The highest BCUT2D eigenvalue weighted by Gasteiger charge is 2.18.